The molecule has 0 saturated carbocycles. The Morgan fingerprint density at radius 3 is 2.35 bits per heavy atom. The fraction of sp³-hybridized carbons (Fsp3) is 0.500. The lowest BCUT2D eigenvalue weighted by molar-refractivity contribution is 0.491. The second-order valence-electron chi connectivity index (χ2n) is 5.14. The monoisotopic (exact) mass is 256 g/mol. The van der Waals surface area contributed by atoms with Gasteiger partial charge in [-0.05, 0) is 31.9 Å². The second kappa shape index (κ2) is 5.16. The molecule has 0 fully saturated rings. The molecule has 0 aliphatic heterocycles. The molecule has 0 heterocycles. The van der Waals surface area contributed by atoms with Crippen molar-refractivity contribution in [2.75, 3.05) is 0 Å². The van der Waals surface area contributed by atoms with E-state index < -0.39 is 15.6 Å². The lowest BCUT2D eigenvalue weighted by Gasteiger charge is -2.20. The summed E-state index contributed by atoms with van der Waals surface area (Å²) in [4.78, 5) is 0. The van der Waals surface area contributed by atoms with E-state index in [4.69, 9.17) is 5.73 Å². The van der Waals surface area contributed by atoms with Crippen molar-refractivity contribution in [2.45, 2.75) is 38.6 Å². The van der Waals surface area contributed by atoms with Gasteiger partial charge in [0.05, 0.1) is 5.75 Å². The van der Waals surface area contributed by atoms with E-state index in [1.807, 2.05) is 39.0 Å². The van der Waals surface area contributed by atoms with E-state index in [0.29, 0.717) is 6.54 Å². The highest BCUT2D eigenvalue weighted by Crippen LogP contribution is 2.10. The largest absolute Gasteiger partial charge is 0.326 e. The van der Waals surface area contributed by atoms with E-state index in [1.54, 1.807) is 6.07 Å². The minimum absolute atomic E-state index is 0.0158. The third kappa shape index (κ3) is 5.30. The highest BCUT2D eigenvalue weighted by molar-refractivity contribution is 7.88. The number of hydrogen-bond acceptors (Lipinski definition) is 3. The van der Waals surface area contributed by atoms with E-state index in [1.165, 1.54) is 0 Å². The molecule has 1 rings (SSSR count). The topological polar surface area (TPSA) is 72.2 Å². The summed E-state index contributed by atoms with van der Waals surface area (Å²) in [5.74, 6) is -0.0158. The molecule has 4 nitrogen and oxygen atoms in total. The molecule has 0 spiro atoms. The SMILES string of the molecule is CC(C)(C)NS(=O)(=O)Cc1cccc(CN)c1. The molecule has 0 saturated heterocycles. The molecule has 0 radical (unpaired) electrons. The Labute approximate surface area is 103 Å². The van der Waals surface area contributed by atoms with Crippen molar-refractivity contribution < 1.29 is 8.42 Å². The molecule has 0 atom stereocenters. The van der Waals surface area contributed by atoms with Crippen LogP contribution in [0.1, 0.15) is 31.9 Å². The summed E-state index contributed by atoms with van der Waals surface area (Å²) in [6, 6.07) is 7.32. The Bertz CT molecular complexity index is 476. The highest BCUT2D eigenvalue weighted by Gasteiger charge is 2.20. The van der Waals surface area contributed by atoms with Gasteiger partial charge < -0.3 is 5.73 Å². The molecule has 0 aromatic heterocycles. The third-order valence-electron chi connectivity index (χ3n) is 2.05. The quantitative estimate of drug-likeness (QED) is 0.854. The summed E-state index contributed by atoms with van der Waals surface area (Å²) in [7, 11) is -3.31. The lowest BCUT2D eigenvalue weighted by Crippen LogP contribution is -2.41. The summed E-state index contributed by atoms with van der Waals surface area (Å²) in [6.45, 7) is 5.88. The zero-order valence-electron chi connectivity index (χ0n) is 10.5. The number of nitrogens with one attached hydrogen (secondary N) is 1. The Hall–Kier alpha value is -0.910. The molecule has 0 unspecified atom stereocenters. The summed E-state index contributed by atoms with van der Waals surface area (Å²) in [5, 5.41) is 0. The van der Waals surface area contributed by atoms with Gasteiger partial charge in [-0.25, -0.2) is 13.1 Å². The van der Waals surface area contributed by atoms with Gasteiger partial charge in [-0.1, -0.05) is 24.3 Å². The number of benzene rings is 1. The summed E-state index contributed by atoms with van der Waals surface area (Å²) >= 11 is 0. The number of nitrogens with two attached hydrogens (primary N) is 1. The summed E-state index contributed by atoms with van der Waals surface area (Å²) in [6.07, 6.45) is 0. The van der Waals surface area contributed by atoms with Crippen molar-refractivity contribution in [3.8, 4) is 0 Å². The molecule has 96 valence electrons. The van der Waals surface area contributed by atoms with Gasteiger partial charge in [0.15, 0.2) is 0 Å². The van der Waals surface area contributed by atoms with Gasteiger partial charge in [-0.2, -0.15) is 0 Å². The first kappa shape index (κ1) is 14.2. The van der Waals surface area contributed by atoms with Crippen molar-refractivity contribution in [3.63, 3.8) is 0 Å². The predicted octanol–water partition coefficient (Wildman–Crippen LogP) is 1.36. The maximum atomic E-state index is 11.9. The fourth-order valence-electron chi connectivity index (χ4n) is 1.57. The Morgan fingerprint density at radius 2 is 1.82 bits per heavy atom. The van der Waals surface area contributed by atoms with Gasteiger partial charge in [0, 0.05) is 12.1 Å². The van der Waals surface area contributed by atoms with Gasteiger partial charge in [-0.3, -0.25) is 0 Å². The van der Waals surface area contributed by atoms with E-state index in [0.717, 1.165) is 11.1 Å². The maximum absolute atomic E-state index is 11.9. The van der Waals surface area contributed by atoms with Crippen LogP contribution in [-0.4, -0.2) is 14.0 Å². The van der Waals surface area contributed by atoms with Gasteiger partial charge >= 0.3 is 0 Å². The molecular weight excluding hydrogens is 236 g/mol. The molecule has 1 aromatic rings. The molecular formula is C12H20N2O2S. The maximum Gasteiger partial charge on any atom is 0.216 e. The van der Waals surface area contributed by atoms with Crippen LogP contribution >= 0.6 is 0 Å². The first-order valence-electron chi connectivity index (χ1n) is 5.51. The Morgan fingerprint density at radius 1 is 1.24 bits per heavy atom. The Balaban J connectivity index is 2.83. The molecule has 3 N–H and O–H groups in total. The van der Waals surface area contributed by atoms with Crippen LogP contribution in [0.4, 0.5) is 0 Å². The van der Waals surface area contributed by atoms with Gasteiger partial charge in [0.2, 0.25) is 10.0 Å². The van der Waals surface area contributed by atoms with Crippen molar-refractivity contribution in [1.82, 2.24) is 4.72 Å². The standard InChI is InChI=1S/C12H20N2O2S/c1-12(2,3)14-17(15,16)9-11-6-4-5-10(7-11)8-13/h4-7,14H,8-9,13H2,1-3H3. The smallest absolute Gasteiger partial charge is 0.216 e. The normalized spacial score (nSPS) is 12.7. The average molecular weight is 256 g/mol. The highest BCUT2D eigenvalue weighted by atomic mass is 32.2. The molecule has 17 heavy (non-hydrogen) atoms. The first-order valence-corrected chi connectivity index (χ1v) is 7.17. The Kier molecular flexibility index (Phi) is 4.30. The van der Waals surface area contributed by atoms with Crippen LogP contribution in [0.25, 0.3) is 0 Å². The fourth-order valence-corrected chi connectivity index (χ4v) is 3.19. The van der Waals surface area contributed by atoms with Crippen LogP contribution in [0.3, 0.4) is 0 Å². The molecule has 0 bridgehead atoms. The predicted molar refractivity (Wildman–Crippen MR) is 69.8 cm³/mol. The minimum atomic E-state index is -3.31. The zero-order chi connectivity index (χ0) is 13.1. The van der Waals surface area contributed by atoms with Crippen LogP contribution in [0.5, 0.6) is 0 Å². The average Bonchev–Trinajstić information content (AvgIpc) is 2.13. The molecule has 0 amide bonds. The number of rotatable bonds is 4. The van der Waals surface area contributed by atoms with E-state index >= 15 is 0 Å². The summed E-state index contributed by atoms with van der Waals surface area (Å²) < 4.78 is 26.4. The summed E-state index contributed by atoms with van der Waals surface area (Å²) in [5.41, 5.74) is 6.76. The molecule has 0 aliphatic carbocycles. The van der Waals surface area contributed by atoms with Gasteiger partial charge in [0.25, 0.3) is 0 Å². The van der Waals surface area contributed by atoms with E-state index in [2.05, 4.69) is 4.72 Å². The van der Waals surface area contributed by atoms with Crippen LogP contribution in [0.15, 0.2) is 24.3 Å². The van der Waals surface area contributed by atoms with Crippen LogP contribution in [0, 0.1) is 0 Å². The van der Waals surface area contributed by atoms with Gasteiger partial charge in [-0.15, -0.1) is 0 Å². The number of sulfonamides is 1. The molecule has 1 aromatic carbocycles. The minimum Gasteiger partial charge on any atom is -0.326 e. The van der Waals surface area contributed by atoms with Crippen molar-refractivity contribution in [2.24, 2.45) is 5.73 Å². The zero-order valence-corrected chi connectivity index (χ0v) is 11.3. The first-order chi connectivity index (χ1) is 7.72. The van der Waals surface area contributed by atoms with Crippen LogP contribution in [-0.2, 0) is 22.3 Å². The molecule has 5 heteroatoms. The van der Waals surface area contributed by atoms with Crippen LogP contribution in [0.2, 0.25) is 0 Å². The van der Waals surface area contributed by atoms with Crippen LogP contribution < -0.4 is 10.5 Å². The van der Waals surface area contributed by atoms with E-state index in [-0.39, 0.29) is 5.75 Å². The molecule has 0 aliphatic rings. The van der Waals surface area contributed by atoms with E-state index in [9.17, 15) is 8.42 Å². The number of hydrogen-bond donors (Lipinski definition) is 2. The van der Waals surface area contributed by atoms with Crippen molar-refractivity contribution in [1.29, 1.82) is 0 Å². The third-order valence-corrected chi connectivity index (χ3v) is 3.68. The second-order valence-corrected chi connectivity index (χ2v) is 6.86. The van der Waals surface area contributed by atoms with Crippen molar-refractivity contribution in [3.05, 3.63) is 35.4 Å². The van der Waals surface area contributed by atoms with Gasteiger partial charge in [0.1, 0.15) is 0 Å². The lowest BCUT2D eigenvalue weighted by atomic mass is 10.1. The van der Waals surface area contributed by atoms with Crippen molar-refractivity contribution >= 4 is 10.0 Å².